The lowest BCUT2D eigenvalue weighted by Gasteiger charge is -2.23. The summed E-state index contributed by atoms with van der Waals surface area (Å²) in [5, 5.41) is 2.07. The third kappa shape index (κ3) is 3.13. The number of fused-ring (bicyclic) bond motifs is 1. The summed E-state index contributed by atoms with van der Waals surface area (Å²) in [4.78, 5) is 46.6. The van der Waals surface area contributed by atoms with Crippen molar-refractivity contribution in [3.8, 4) is 0 Å². The van der Waals surface area contributed by atoms with Crippen molar-refractivity contribution in [2.45, 2.75) is 32.4 Å². The van der Waals surface area contributed by atoms with Crippen LogP contribution in [0, 0.1) is 0 Å². The first-order valence-electron chi connectivity index (χ1n) is 6.90. The number of amides is 4. The number of nitrogens with two attached hydrogens (primary N) is 1. The van der Waals surface area contributed by atoms with Gasteiger partial charge in [-0.2, -0.15) is 0 Å². The summed E-state index contributed by atoms with van der Waals surface area (Å²) in [6, 6.07) is 4.60. The van der Waals surface area contributed by atoms with Gasteiger partial charge < -0.3 is 10.6 Å². The van der Waals surface area contributed by atoms with Gasteiger partial charge in [0.2, 0.25) is 18.2 Å². The second-order valence-electron chi connectivity index (χ2n) is 5.24. The number of benzene rings is 1. The van der Waals surface area contributed by atoms with Gasteiger partial charge in [0.25, 0.3) is 5.91 Å². The fraction of sp³-hybridized carbons (Fsp3) is 0.333. The topological polar surface area (TPSA) is 110 Å². The largest absolute Gasteiger partial charge is 0.366 e. The summed E-state index contributed by atoms with van der Waals surface area (Å²) in [6.45, 7) is 2.22. The van der Waals surface area contributed by atoms with E-state index in [2.05, 4.69) is 5.32 Å². The SMILES string of the molecule is CC(CCC(=O)NC=O)N1Cc2cc(C(N)=O)ccc2C1=O. The van der Waals surface area contributed by atoms with Crippen LogP contribution in [0.15, 0.2) is 18.2 Å². The van der Waals surface area contributed by atoms with Crippen molar-refractivity contribution in [1.29, 1.82) is 0 Å². The second-order valence-corrected chi connectivity index (χ2v) is 5.24. The van der Waals surface area contributed by atoms with Gasteiger partial charge in [0.05, 0.1) is 0 Å². The summed E-state index contributed by atoms with van der Waals surface area (Å²) in [5.41, 5.74) is 6.91. The number of nitrogens with zero attached hydrogens (tertiary/aromatic N) is 1. The summed E-state index contributed by atoms with van der Waals surface area (Å²) >= 11 is 0. The molecule has 0 aromatic heterocycles. The van der Waals surface area contributed by atoms with Crippen LogP contribution in [0.5, 0.6) is 0 Å². The van der Waals surface area contributed by atoms with Crippen molar-refractivity contribution >= 4 is 24.1 Å². The number of rotatable bonds is 6. The van der Waals surface area contributed by atoms with Crippen LogP contribution in [-0.2, 0) is 16.1 Å². The molecule has 1 aromatic carbocycles. The first-order chi connectivity index (χ1) is 10.4. The predicted molar refractivity (Wildman–Crippen MR) is 77.7 cm³/mol. The molecule has 0 aliphatic carbocycles. The Labute approximate surface area is 127 Å². The number of nitrogens with one attached hydrogen (secondary N) is 1. The maximum atomic E-state index is 12.3. The highest BCUT2D eigenvalue weighted by atomic mass is 16.2. The zero-order valence-corrected chi connectivity index (χ0v) is 12.2. The molecule has 0 bridgehead atoms. The van der Waals surface area contributed by atoms with Crippen molar-refractivity contribution in [2.24, 2.45) is 5.73 Å². The molecule has 0 saturated heterocycles. The number of carbonyl (C=O) groups is 4. The average Bonchev–Trinajstić information content (AvgIpc) is 2.82. The van der Waals surface area contributed by atoms with E-state index in [4.69, 9.17) is 5.73 Å². The lowest BCUT2D eigenvalue weighted by atomic mass is 10.1. The molecular formula is C15H17N3O4. The fourth-order valence-electron chi connectivity index (χ4n) is 2.49. The van der Waals surface area contributed by atoms with E-state index >= 15 is 0 Å². The van der Waals surface area contributed by atoms with Gasteiger partial charge in [-0.15, -0.1) is 0 Å². The van der Waals surface area contributed by atoms with E-state index in [-0.39, 0.29) is 24.3 Å². The van der Waals surface area contributed by atoms with E-state index < -0.39 is 5.91 Å². The van der Waals surface area contributed by atoms with Gasteiger partial charge in [-0.05, 0) is 37.1 Å². The fourth-order valence-corrected chi connectivity index (χ4v) is 2.49. The Kier molecular flexibility index (Phi) is 4.55. The summed E-state index contributed by atoms with van der Waals surface area (Å²) in [6.07, 6.45) is 0.948. The Hall–Kier alpha value is -2.70. The first-order valence-corrected chi connectivity index (χ1v) is 6.90. The molecule has 0 fully saturated rings. The number of hydrogen-bond acceptors (Lipinski definition) is 4. The van der Waals surface area contributed by atoms with Gasteiger partial charge in [-0.3, -0.25) is 24.5 Å². The average molecular weight is 303 g/mol. The molecule has 22 heavy (non-hydrogen) atoms. The Morgan fingerprint density at radius 1 is 1.45 bits per heavy atom. The predicted octanol–water partition coefficient (Wildman–Crippen LogP) is 0.183. The van der Waals surface area contributed by atoms with Gasteiger partial charge >= 0.3 is 0 Å². The lowest BCUT2D eigenvalue weighted by Crippen LogP contribution is -2.34. The van der Waals surface area contributed by atoms with Crippen LogP contribution in [0.1, 0.15) is 46.0 Å². The van der Waals surface area contributed by atoms with Crippen LogP contribution in [0.3, 0.4) is 0 Å². The zero-order valence-electron chi connectivity index (χ0n) is 12.2. The number of carbonyl (C=O) groups excluding carboxylic acids is 4. The van der Waals surface area contributed by atoms with E-state index in [9.17, 15) is 19.2 Å². The standard InChI is InChI=1S/C15H17N3O4/c1-9(2-5-13(20)17-8-19)18-7-11-6-10(14(16)21)3-4-12(11)15(18)22/h3-4,6,8-9H,2,5,7H2,1H3,(H2,16,21)(H,17,19,20). The maximum Gasteiger partial charge on any atom is 0.254 e. The third-order valence-electron chi connectivity index (χ3n) is 3.76. The summed E-state index contributed by atoms with van der Waals surface area (Å²) < 4.78 is 0. The Balaban J connectivity index is 2.05. The number of primary amides is 1. The van der Waals surface area contributed by atoms with Crippen molar-refractivity contribution < 1.29 is 19.2 Å². The molecule has 1 aliphatic rings. The lowest BCUT2D eigenvalue weighted by molar-refractivity contribution is -0.125. The van der Waals surface area contributed by atoms with Gasteiger partial charge in [0.1, 0.15) is 0 Å². The van der Waals surface area contributed by atoms with Gasteiger partial charge in [-0.25, -0.2) is 0 Å². The molecular weight excluding hydrogens is 286 g/mol. The minimum atomic E-state index is -0.535. The van der Waals surface area contributed by atoms with Crippen LogP contribution >= 0.6 is 0 Å². The molecule has 1 atom stereocenters. The van der Waals surface area contributed by atoms with Crippen molar-refractivity contribution in [3.63, 3.8) is 0 Å². The molecule has 2 rings (SSSR count). The van der Waals surface area contributed by atoms with E-state index in [1.54, 1.807) is 17.0 Å². The van der Waals surface area contributed by atoms with Crippen molar-refractivity contribution in [2.75, 3.05) is 0 Å². The maximum absolute atomic E-state index is 12.3. The van der Waals surface area contributed by atoms with Crippen molar-refractivity contribution in [1.82, 2.24) is 10.2 Å². The van der Waals surface area contributed by atoms with E-state index in [1.165, 1.54) is 6.07 Å². The quantitative estimate of drug-likeness (QED) is 0.730. The highest BCUT2D eigenvalue weighted by Crippen LogP contribution is 2.26. The summed E-state index contributed by atoms with van der Waals surface area (Å²) in [5.74, 6) is -1.04. The first kappa shape index (κ1) is 15.7. The monoisotopic (exact) mass is 303 g/mol. The van der Waals surface area contributed by atoms with E-state index in [0.717, 1.165) is 5.56 Å². The molecule has 0 radical (unpaired) electrons. The van der Waals surface area contributed by atoms with Crippen LogP contribution in [0.4, 0.5) is 0 Å². The summed E-state index contributed by atoms with van der Waals surface area (Å²) in [7, 11) is 0. The zero-order chi connectivity index (χ0) is 16.3. The Morgan fingerprint density at radius 2 is 2.18 bits per heavy atom. The molecule has 7 nitrogen and oxygen atoms in total. The van der Waals surface area contributed by atoms with E-state index in [0.29, 0.717) is 30.5 Å². The number of hydrogen-bond donors (Lipinski definition) is 2. The third-order valence-corrected chi connectivity index (χ3v) is 3.76. The molecule has 1 heterocycles. The van der Waals surface area contributed by atoms with Gasteiger partial charge in [0, 0.05) is 30.1 Å². The minimum Gasteiger partial charge on any atom is -0.366 e. The molecule has 7 heteroatoms. The molecule has 0 spiro atoms. The normalized spacial score (nSPS) is 14.4. The molecule has 1 unspecified atom stereocenters. The molecule has 1 aliphatic heterocycles. The Bertz CT molecular complexity index is 642. The second kappa shape index (κ2) is 6.38. The number of imide groups is 1. The van der Waals surface area contributed by atoms with Gasteiger partial charge in [0.15, 0.2) is 0 Å². The molecule has 3 N–H and O–H groups in total. The highest BCUT2D eigenvalue weighted by molar-refractivity contribution is 6.00. The van der Waals surface area contributed by atoms with Crippen molar-refractivity contribution in [3.05, 3.63) is 34.9 Å². The van der Waals surface area contributed by atoms with Crippen LogP contribution < -0.4 is 11.1 Å². The molecule has 116 valence electrons. The molecule has 0 saturated carbocycles. The minimum absolute atomic E-state index is 0.130. The van der Waals surface area contributed by atoms with Crippen LogP contribution in [0.2, 0.25) is 0 Å². The molecule has 4 amide bonds. The smallest absolute Gasteiger partial charge is 0.254 e. The van der Waals surface area contributed by atoms with Crippen LogP contribution in [-0.4, -0.2) is 35.1 Å². The molecule has 1 aromatic rings. The van der Waals surface area contributed by atoms with E-state index in [1.807, 2.05) is 6.92 Å². The van der Waals surface area contributed by atoms with Crippen LogP contribution in [0.25, 0.3) is 0 Å². The van der Waals surface area contributed by atoms with Gasteiger partial charge in [-0.1, -0.05) is 0 Å². The highest BCUT2D eigenvalue weighted by Gasteiger charge is 2.31. The Morgan fingerprint density at radius 3 is 2.82 bits per heavy atom.